The van der Waals surface area contributed by atoms with Crippen LogP contribution in [-0.4, -0.2) is 52.8 Å². The summed E-state index contributed by atoms with van der Waals surface area (Å²) in [6.45, 7) is 2.11. The molecule has 0 radical (unpaired) electrons. The van der Waals surface area contributed by atoms with Gasteiger partial charge < -0.3 is 10.2 Å². The third-order valence-electron chi connectivity index (χ3n) is 6.17. The Hall–Kier alpha value is -1.59. The number of amides is 4. The summed E-state index contributed by atoms with van der Waals surface area (Å²) in [7, 11) is 1.80. The van der Waals surface area contributed by atoms with Gasteiger partial charge in [-0.2, -0.15) is 0 Å². The first-order chi connectivity index (χ1) is 11.4. The molecule has 3 fully saturated rings. The summed E-state index contributed by atoms with van der Waals surface area (Å²) in [6.07, 6.45) is 8.68. The predicted octanol–water partition coefficient (Wildman–Crippen LogP) is 2.28. The molecule has 6 nitrogen and oxygen atoms in total. The third-order valence-corrected chi connectivity index (χ3v) is 6.17. The molecule has 0 aromatic heterocycles. The number of rotatable bonds is 3. The summed E-state index contributed by atoms with van der Waals surface area (Å²) in [4.78, 5) is 40.5. The van der Waals surface area contributed by atoms with Gasteiger partial charge in [-0.3, -0.25) is 14.5 Å². The van der Waals surface area contributed by atoms with Crippen LogP contribution in [0.4, 0.5) is 4.79 Å². The van der Waals surface area contributed by atoms with Gasteiger partial charge in [0, 0.05) is 13.1 Å². The highest BCUT2D eigenvalue weighted by molar-refractivity contribution is 6.09. The molecule has 1 aliphatic heterocycles. The summed E-state index contributed by atoms with van der Waals surface area (Å²) in [6, 6.07) is -0.168. The van der Waals surface area contributed by atoms with Gasteiger partial charge in [0.2, 0.25) is 5.91 Å². The standard InChI is InChI=1S/C18H29N3O3/c1-13-6-8-14(9-7-13)20(2)15(22)12-21-16(23)18(19-17(21)24)10-4-3-5-11-18/h13-14H,3-12H2,1-2H3,(H,19,24). The maximum absolute atomic E-state index is 12.7. The Bertz CT molecular complexity index is 520. The fourth-order valence-corrected chi connectivity index (χ4v) is 4.39. The van der Waals surface area contributed by atoms with Crippen LogP contribution in [0.5, 0.6) is 0 Å². The molecule has 0 aromatic rings. The Morgan fingerprint density at radius 2 is 1.79 bits per heavy atom. The number of hydrogen-bond acceptors (Lipinski definition) is 3. The summed E-state index contributed by atoms with van der Waals surface area (Å²) in [5, 5.41) is 2.87. The average Bonchev–Trinajstić information content (AvgIpc) is 2.79. The van der Waals surface area contributed by atoms with E-state index in [-0.39, 0.29) is 24.4 Å². The van der Waals surface area contributed by atoms with E-state index in [1.54, 1.807) is 11.9 Å². The molecule has 134 valence electrons. The molecule has 1 heterocycles. The van der Waals surface area contributed by atoms with Crippen molar-refractivity contribution in [2.45, 2.75) is 76.3 Å². The van der Waals surface area contributed by atoms with Crippen molar-refractivity contribution in [2.75, 3.05) is 13.6 Å². The maximum Gasteiger partial charge on any atom is 0.325 e. The highest BCUT2D eigenvalue weighted by atomic mass is 16.2. The van der Waals surface area contributed by atoms with Crippen molar-refractivity contribution in [1.82, 2.24) is 15.1 Å². The second-order valence-corrected chi connectivity index (χ2v) is 7.88. The normalized spacial score (nSPS) is 29.7. The number of hydrogen-bond donors (Lipinski definition) is 1. The summed E-state index contributed by atoms with van der Waals surface area (Å²) in [5.74, 6) is 0.388. The van der Waals surface area contributed by atoms with Gasteiger partial charge in [0.1, 0.15) is 12.1 Å². The maximum atomic E-state index is 12.7. The van der Waals surface area contributed by atoms with Gasteiger partial charge in [0.05, 0.1) is 0 Å². The molecular formula is C18H29N3O3. The van der Waals surface area contributed by atoms with E-state index in [0.717, 1.165) is 55.8 Å². The van der Waals surface area contributed by atoms with Crippen molar-refractivity contribution < 1.29 is 14.4 Å². The minimum atomic E-state index is -0.742. The third kappa shape index (κ3) is 3.15. The zero-order valence-electron chi connectivity index (χ0n) is 14.8. The second kappa shape index (κ2) is 6.73. The van der Waals surface area contributed by atoms with E-state index < -0.39 is 11.6 Å². The molecule has 1 saturated heterocycles. The summed E-state index contributed by atoms with van der Waals surface area (Å²) >= 11 is 0. The SMILES string of the molecule is CC1CCC(N(C)C(=O)CN2C(=O)NC3(CCCCC3)C2=O)CC1. The van der Waals surface area contributed by atoms with Crippen LogP contribution in [0.15, 0.2) is 0 Å². The Morgan fingerprint density at radius 3 is 2.42 bits per heavy atom. The van der Waals surface area contributed by atoms with Crippen LogP contribution in [0.1, 0.15) is 64.7 Å². The van der Waals surface area contributed by atoms with Gasteiger partial charge in [-0.05, 0) is 44.4 Å². The molecule has 6 heteroatoms. The molecule has 2 saturated carbocycles. The number of nitrogens with one attached hydrogen (secondary N) is 1. The predicted molar refractivity (Wildman–Crippen MR) is 90.3 cm³/mol. The first-order valence-corrected chi connectivity index (χ1v) is 9.33. The molecule has 24 heavy (non-hydrogen) atoms. The van der Waals surface area contributed by atoms with Crippen molar-refractivity contribution in [3.05, 3.63) is 0 Å². The Balaban J connectivity index is 1.61. The minimum Gasteiger partial charge on any atom is -0.341 e. The van der Waals surface area contributed by atoms with Crippen molar-refractivity contribution in [1.29, 1.82) is 0 Å². The largest absolute Gasteiger partial charge is 0.341 e. The topological polar surface area (TPSA) is 69.7 Å². The first kappa shape index (κ1) is 17.2. The fourth-order valence-electron chi connectivity index (χ4n) is 4.39. The van der Waals surface area contributed by atoms with Gasteiger partial charge in [-0.1, -0.05) is 26.2 Å². The Morgan fingerprint density at radius 1 is 1.17 bits per heavy atom. The van der Waals surface area contributed by atoms with E-state index in [1.165, 1.54) is 0 Å². The van der Waals surface area contributed by atoms with Crippen LogP contribution >= 0.6 is 0 Å². The average molecular weight is 335 g/mol. The molecular weight excluding hydrogens is 306 g/mol. The lowest BCUT2D eigenvalue weighted by atomic mass is 9.82. The van der Waals surface area contributed by atoms with Gasteiger partial charge in [0.25, 0.3) is 5.91 Å². The number of carbonyl (C=O) groups excluding carboxylic acids is 3. The number of urea groups is 1. The lowest BCUT2D eigenvalue weighted by molar-refractivity contribution is -0.140. The summed E-state index contributed by atoms with van der Waals surface area (Å²) < 4.78 is 0. The quantitative estimate of drug-likeness (QED) is 0.805. The van der Waals surface area contributed by atoms with Gasteiger partial charge in [-0.25, -0.2) is 4.79 Å². The molecule has 3 rings (SSSR count). The molecule has 0 bridgehead atoms. The number of likely N-dealkylation sites (N-methyl/N-ethyl adjacent to an activating group) is 1. The van der Waals surface area contributed by atoms with Gasteiger partial charge >= 0.3 is 6.03 Å². The molecule has 1 spiro atoms. The second-order valence-electron chi connectivity index (χ2n) is 7.88. The van der Waals surface area contributed by atoms with Crippen molar-refractivity contribution in [3.8, 4) is 0 Å². The number of nitrogens with zero attached hydrogens (tertiary/aromatic N) is 2. The van der Waals surface area contributed by atoms with E-state index >= 15 is 0 Å². The zero-order valence-corrected chi connectivity index (χ0v) is 14.8. The van der Waals surface area contributed by atoms with Crippen LogP contribution in [0.2, 0.25) is 0 Å². The number of carbonyl (C=O) groups is 3. The van der Waals surface area contributed by atoms with Crippen LogP contribution in [-0.2, 0) is 9.59 Å². The van der Waals surface area contributed by atoms with E-state index in [0.29, 0.717) is 12.8 Å². The van der Waals surface area contributed by atoms with Crippen molar-refractivity contribution >= 4 is 17.8 Å². The van der Waals surface area contributed by atoms with Crippen LogP contribution < -0.4 is 5.32 Å². The molecule has 0 aromatic carbocycles. The van der Waals surface area contributed by atoms with Crippen LogP contribution in [0.25, 0.3) is 0 Å². The van der Waals surface area contributed by atoms with Crippen LogP contribution in [0, 0.1) is 5.92 Å². The molecule has 2 aliphatic carbocycles. The van der Waals surface area contributed by atoms with E-state index in [4.69, 9.17) is 0 Å². The smallest absolute Gasteiger partial charge is 0.325 e. The van der Waals surface area contributed by atoms with Crippen molar-refractivity contribution in [2.24, 2.45) is 5.92 Å². The van der Waals surface area contributed by atoms with Crippen molar-refractivity contribution in [3.63, 3.8) is 0 Å². The monoisotopic (exact) mass is 335 g/mol. The molecule has 4 amide bonds. The molecule has 0 atom stereocenters. The van der Waals surface area contributed by atoms with Crippen LogP contribution in [0.3, 0.4) is 0 Å². The molecule has 3 aliphatic rings. The van der Waals surface area contributed by atoms with E-state index in [2.05, 4.69) is 12.2 Å². The molecule has 1 N–H and O–H groups in total. The Kier molecular flexibility index (Phi) is 4.83. The number of imide groups is 1. The zero-order chi connectivity index (χ0) is 17.3. The minimum absolute atomic E-state index is 0.130. The van der Waals surface area contributed by atoms with Gasteiger partial charge in [-0.15, -0.1) is 0 Å². The van der Waals surface area contributed by atoms with E-state index in [1.807, 2.05) is 0 Å². The first-order valence-electron chi connectivity index (χ1n) is 9.33. The van der Waals surface area contributed by atoms with Gasteiger partial charge in [0.15, 0.2) is 0 Å². The lowest BCUT2D eigenvalue weighted by Gasteiger charge is -2.34. The lowest BCUT2D eigenvalue weighted by Crippen LogP contribution is -2.49. The van der Waals surface area contributed by atoms with E-state index in [9.17, 15) is 14.4 Å². The summed E-state index contributed by atoms with van der Waals surface area (Å²) in [5.41, 5.74) is -0.742. The highest BCUT2D eigenvalue weighted by Gasteiger charge is 2.51. The molecule has 0 unspecified atom stereocenters. The fraction of sp³-hybridized carbons (Fsp3) is 0.833. The highest BCUT2D eigenvalue weighted by Crippen LogP contribution is 2.33. The Labute approximate surface area is 143 Å².